The van der Waals surface area contributed by atoms with Crippen LogP contribution in [0.15, 0.2) is 47.5 Å². The van der Waals surface area contributed by atoms with Crippen molar-refractivity contribution < 1.29 is 4.74 Å². The number of methoxy groups -OCH3 is 1. The van der Waals surface area contributed by atoms with E-state index in [1.54, 1.807) is 43.8 Å². The Morgan fingerprint density at radius 3 is 2.74 bits per heavy atom. The van der Waals surface area contributed by atoms with E-state index in [-0.39, 0.29) is 10.7 Å². The SMILES string of the molecule is COc1ccc2nc(Cc3ccc(-n4cc(Cl)c(Cl)n4)nc3)[nH]c(=O)c2c1. The van der Waals surface area contributed by atoms with E-state index in [1.165, 1.54) is 4.68 Å². The summed E-state index contributed by atoms with van der Waals surface area (Å²) in [5, 5.41) is 5.13. The summed E-state index contributed by atoms with van der Waals surface area (Å²) in [7, 11) is 1.55. The van der Waals surface area contributed by atoms with Crippen molar-refractivity contribution in [2.45, 2.75) is 6.42 Å². The van der Waals surface area contributed by atoms with Crippen LogP contribution in [0.25, 0.3) is 16.7 Å². The number of nitrogens with one attached hydrogen (secondary N) is 1. The van der Waals surface area contributed by atoms with Crippen molar-refractivity contribution >= 4 is 34.1 Å². The molecule has 0 atom stereocenters. The molecule has 0 amide bonds. The van der Waals surface area contributed by atoms with Gasteiger partial charge in [-0.05, 0) is 29.8 Å². The highest BCUT2D eigenvalue weighted by molar-refractivity contribution is 6.41. The number of pyridine rings is 1. The van der Waals surface area contributed by atoms with Crippen LogP contribution in [-0.4, -0.2) is 31.8 Å². The molecular weight excluding hydrogens is 389 g/mol. The van der Waals surface area contributed by atoms with Crippen LogP contribution in [0.3, 0.4) is 0 Å². The van der Waals surface area contributed by atoms with Gasteiger partial charge >= 0.3 is 0 Å². The number of aromatic amines is 1. The third-order valence-electron chi connectivity index (χ3n) is 4.01. The molecule has 0 spiro atoms. The molecule has 27 heavy (non-hydrogen) atoms. The van der Waals surface area contributed by atoms with Crippen LogP contribution in [0, 0.1) is 0 Å². The molecule has 4 rings (SSSR count). The van der Waals surface area contributed by atoms with Crippen LogP contribution in [0.1, 0.15) is 11.4 Å². The largest absolute Gasteiger partial charge is 0.497 e. The number of benzene rings is 1. The van der Waals surface area contributed by atoms with E-state index in [1.807, 2.05) is 6.07 Å². The molecule has 0 aliphatic heterocycles. The fraction of sp³-hybridized carbons (Fsp3) is 0.111. The quantitative estimate of drug-likeness (QED) is 0.566. The zero-order valence-corrected chi connectivity index (χ0v) is 15.6. The first-order valence-corrected chi connectivity index (χ1v) is 8.72. The molecule has 0 aliphatic carbocycles. The van der Waals surface area contributed by atoms with Gasteiger partial charge in [0, 0.05) is 12.6 Å². The molecule has 1 aromatic carbocycles. The highest BCUT2D eigenvalue weighted by Gasteiger charge is 2.09. The van der Waals surface area contributed by atoms with Crippen molar-refractivity contribution in [3.05, 3.63) is 74.6 Å². The lowest BCUT2D eigenvalue weighted by atomic mass is 10.2. The molecule has 4 aromatic rings. The predicted octanol–water partition coefficient (Wildman–Crippen LogP) is 3.41. The molecule has 0 fully saturated rings. The zero-order chi connectivity index (χ0) is 19.0. The van der Waals surface area contributed by atoms with E-state index in [4.69, 9.17) is 27.9 Å². The summed E-state index contributed by atoms with van der Waals surface area (Å²) in [4.78, 5) is 24.0. The topological polar surface area (TPSA) is 85.7 Å². The highest BCUT2D eigenvalue weighted by Crippen LogP contribution is 2.21. The lowest BCUT2D eigenvalue weighted by Crippen LogP contribution is -2.12. The third-order valence-corrected chi connectivity index (χ3v) is 4.66. The van der Waals surface area contributed by atoms with Gasteiger partial charge in [0.15, 0.2) is 11.0 Å². The average molecular weight is 402 g/mol. The predicted molar refractivity (Wildman–Crippen MR) is 103 cm³/mol. The summed E-state index contributed by atoms with van der Waals surface area (Å²) in [6.07, 6.45) is 3.71. The van der Waals surface area contributed by atoms with Crippen LogP contribution >= 0.6 is 23.2 Å². The fourth-order valence-electron chi connectivity index (χ4n) is 2.68. The summed E-state index contributed by atoms with van der Waals surface area (Å²) in [5.74, 6) is 1.75. The van der Waals surface area contributed by atoms with E-state index in [9.17, 15) is 4.79 Å². The van der Waals surface area contributed by atoms with Crippen molar-refractivity contribution in [1.29, 1.82) is 0 Å². The van der Waals surface area contributed by atoms with Crippen molar-refractivity contribution in [3.63, 3.8) is 0 Å². The summed E-state index contributed by atoms with van der Waals surface area (Å²) >= 11 is 11.8. The smallest absolute Gasteiger partial charge is 0.258 e. The van der Waals surface area contributed by atoms with E-state index in [2.05, 4.69) is 20.1 Å². The second-order valence-corrected chi connectivity index (χ2v) is 6.57. The number of nitrogens with zero attached hydrogens (tertiary/aromatic N) is 4. The highest BCUT2D eigenvalue weighted by atomic mass is 35.5. The Kier molecular flexibility index (Phi) is 4.55. The second kappa shape index (κ2) is 7.02. The molecule has 0 unspecified atom stereocenters. The number of H-pyrrole nitrogens is 1. The number of hydrogen-bond acceptors (Lipinski definition) is 5. The number of fused-ring (bicyclic) bond motifs is 1. The summed E-state index contributed by atoms with van der Waals surface area (Å²) in [6, 6.07) is 8.87. The third kappa shape index (κ3) is 3.51. The number of ether oxygens (including phenoxy) is 1. The van der Waals surface area contributed by atoms with Crippen molar-refractivity contribution in [3.8, 4) is 11.6 Å². The maximum absolute atomic E-state index is 12.3. The molecule has 0 radical (unpaired) electrons. The minimum absolute atomic E-state index is 0.209. The van der Waals surface area contributed by atoms with Gasteiger partial charge in [-0.3, -0.25) is 4.79 Å². The van der Waals surface area contributed by atoms with Crippen LogP contribution in [0.5, 0.6) is 5.75 Å². The van der Waals surface area contributed by atoms with Gasteiger partial charge in [-0.1, -0.05) is 29.3 Å². The lowest BCUT2D eigenvalue weighted by molar-refractivity contribution is 0.415. The first-order chi connectivity index (χ1) is 13.0. The van der Waals surface area contributed by atoms with Crippen LogP contribution in [0.2, 0.25) is 10.2 Å². The van der Waals surface area contributed by atoms with E-state index in [0.717, 1.165) is 5.56 Å². The number of aromatic nitrogens is 5. The maximum atomic E-state index is 12.3. The Hall–Kier alpha value is -2.90. The Labute approximate surface area is 163 Å². The molecule has 1 N–H and O–H groups in total. The summed E-state index contributed by atoms with van der Waals surface area (Å²) < 4.78 is 6.65. The molecule has 9 heteroatoms. The van der Waals surface area contributed by atoms with Gasteiger partial charge < -0.3 is 9.72 Å². The van der Waals surface area contributed by atoms with E-state index < -0.39 is 0 Å². The Morgan fingerprint density at radius 2 is 2.07 bits per heavy atom. The summed E-state index contributed by atoms with van der Waals surface area (Å²) in [5.41, 5.74) is 1.29. The maximum Gasteiger partial charge on any atom is 0.258 e. The van der Waals surface area contributed by atoms with Gasteiger partial charge in [0.05, 0.1) is 29.2 Å². The van der Waals surface area contributed by atoms with E-state index >= 15 is 0 Å². The standard InChI is InChI=1S/C18H13Cl2N5O2/c1-27-11-3-4-14-12(7-11)18(26)23-15(22-14)6-10-2-5-16(21-8-10)25-9-13(19)17(20)24-25/h2-5,7-9H,6H2,1H3,(H,22,23,26). The molecule has 3 aromatic heterocycles. The molecule has 3 heterocycles. The van der Waals surface area contributed by atoms with Gasteiger partial charge in [-0.25, -0.2) is 14.6 Å². The molecule has 0 bridgehead atoms. The molecule has 136 valence electrons. The average Bonchev–Trinajstić information content (AvgIpc) is 3.01. The minimum Gasteiger partial charge on any atom is -0.497 e. The molecule has 0 aliphatic rings. The van der Waals surface area contributed by atoms with Crippen LogP contribution in [-0.2, 0) is 6.42 Å². The van der Waals surface area contributed by atoms with Crippen molar-refractivity contribution in [2.24, 2.45) is 0 Å². The van der Waals surface area contributed by atoms with Gasteiger partial charge in [0.2, 0.25) is 0 Å². The van der Waals surface area contributed by atoms with E-state index in [0.29, 0.717) is 39.7 Å². The monoisotopic (exact) mass is 401 g/mol. The fourth-order valence-corrected chi connectivity index (χ4v) is 2.94. The molecular formula is C18H13Cl2N5O2. The zero-order valence-electron chi connectivity index (χ0n) is 14.1. The summed E-state index contributed by atoms with van der Waals surface area (Å²) in [6.45, 7) is 0. The Bertz CT molecular complexity index is 1170. The van der Waals surface area contributed by atoms with Crippen LogP contribution in [0.4, 0.5) is 0 Å². The minimum atomic E-state index is -0.209. The lowest BCUT2D eigenvalue weighted by Gasteiger charge is -2.06. The van der Waals surface area contributed by atoms with Gasteiger partial charge in [-0.15, -0.1) is 0 Å². The van der Waals surface area contributed by atoms with Crippen molar-refractivity contribution in [1.82, 2.24) is 24.7 Å². The number of halogens is 2. The van der Waals surface area contributed by atoms with Gasteiger partial charge in [0.1, 0.15) is 11.6 Å². The number of hydrogen-bond donors (Lipinski definition) is 1. The normalized spacial score (nSPS) is 11.1. The molecule has 0 saturated carbocycles. The first-order valence-electron chi connectivity index (χ1n) is 7.96. The Balaban J connectivity index is 1.61. The molecule has 0 saturated heterocycles. The van der Waals surface area contributed by atoms with Crippen LogP contribution < -0.4 is 10.3 Å². The second-order valence-electron chi connectivity index (χ2n) is 5.81. The van der Waals surface area contributed by atoms with Gasteiger partial charge in [0.25, 0.3) is 5.56 Å². The first kappa shape index (κ1) is 17.5. The molecule has 7 nitrogen and oxygen atoms in total. The van der Waals surface area contributed by atoms with Gasteiger partial charge in [-0.2, -0.15) is 5.10 Å². The Morgan fingerprint density at radius 1 is 1.22 bits per heavy atom. The van der Waals surface area contributed by atoms with Crippen molar-refractivity contribution in [2.75, 3.05) is 7.11 Å². The number of rotatable bonds is 4.